The zero-order valence-corrected chi connectivity index (χ0v) is 42.6. The summed E-state index contributed by atoms with van der Waals surface area (Å²) in [6.45, 7) is 24.7. The van der Waals surface area contributed by atoms with Gasteiger partial charge in [0.25, 0.3) is 0 Å². The summed E-state index contributed by atoms with van der Waals surface area (Å²) in [7, 11) is -7.07. The first-order valence-electron chi connectivity index (χ1n) is 22.3. The summed E-state index contributed by atoms with van der Waals surface area (Å²) in [6, 6.07) is 20.6. The van der Waals surface area contributed by atoms with E-state index in [0.29, 0.717) is 68.8 Å². The highest BCUT2D eigenvalue weighted by atomic mass is 32.2. The first kappa shape index (κ1) is 48.3. The number of rotatable bonds is 11. The standard InChI is InChI=1S/C25H31N3O3S2.C25H31N3O2S2/c1-6-31-22-9-7-21(8-10-22)23-16-32-25(26-23)27-11-13-28(14-12-27)33(29,30)24-19(4)17(2)15-18(3)20(24)5;1-6-21-7-9-22(10-8-21)23-16-31-25(26-23)27-11-13-28(14-12-27)32(29,30)24-19(4)17(2)15-18(3)20(24)5/h7-10,15-16H,6,11-14H2,1-5H3;7-10,15-16H,6,11-14H2,1-5H3. The van der Waals surface area contributed by atoms with Gasteiger partial charge in [0, 0.05) is 74.2 Å². The topological polar surface area (TPSA) is 116 Å². The van der Waals surface area contributed by atoms with Crippen LogP contribution in [0.15, 0.2) is 81.2 Å². The zero-order chi connectivity index (χ0) is 46.8. The van der Waals surface area contributed by atoms with E-state index in [4.69, 9.17) is 14.7 Å². The Morgan fingerprint density at radius 3 is 1.22 bits per heavy atom. The van der Waals surface area contributed by atoms with Crippen molar-refractivity contribution >= 4 is 53.0 Å². The fourth-order valence-electron chi connectivity index (χ4n) is 8.52. The summed E-state index contributed by atoms with van der Waals surface area (Å²) in [5, 5.41) is 6.02. The Hall–Kier alpha value is -4.64. The first-order valence-corrected chi connectivity index (χ1v) is 27.0. The third-order valence-electron chi connectivity index (χ3n) is 12.9. The summed E-state index contributed by atoms with van der Waals surface area (Å²) in [4.78, 5) is 15.0. The second kappa shape index (κ2) is 20.1. The highest BCUT2D eigenvalue weighted by Crippen LogP contribution is 2.34. The van der Waals surface area contributed by atoms with Gasteiger partial charge in [-0.3, -0.25) is 0 Å². The van der Waals surface area contributed by atoms with E-state index in [1.807, 2.05) is 86.6 Å². The zero-order valence-electron chi connectivity index (χ0n) is 39.4. The second-order valence-electron chi connectivity index (χ2n) is 17.0. The van der Waals surface area contributed by atoms with E-state index >= 15 is 0 Å². The van der Waals surface area contributed by atoms with Crippen molar-refractivity contribution in [3.63, 3.8) is 0 Å². The van der Waals surface area contributed by atoms with Crippen molar-refractivity contribution in [2.45, 2.75) is 85.4 Å². The molecule has 6 aromatic rings. The highest BCUT2D eigenvalue weighted by Gasteiger charge is 2.34. The van der Waals surface area contributed by atoms with E-state index in [0.717, 1.165) is 89.5 Å². The van der Waals surface area contributed by atoms with Gasteiger partial charge >= 0.3 is 0 Å². The van der Waals surface area contributed by atoms with Crippen LogP contribution in [0.3, 0.4) is 0 Å². The molecule has 2 aromatic heterocycles. The largest absolute Gasteiger partial charge is 0.494 e. The van der Waals surface area contributed by atoms with Gasteiger partial charge in [-0.05, 0) is 143 Å². The van der Waals surface area contributed by atoms with Crippen molar-refractivity contribution in [3.8, 4) is 28.3 Å². The normalized spacial score (nSPS) is 15.2. The molecule has 0 N–H and O–H groups in total. The molecule has 0 saturated carbocycles. The van der Waals surface area contributed by atoms with Gasteiger partial charge in [0.1, 0.15) is 5.75 Å². The van der Waals surface area contributed by atoms with Crippen LogP contribution in [0.5, 0.6) is 5.75 Å². The van der Waals surface area contributed by atoms with Crippen molar-refractivity contribution in [3.05, 3.63) is 121 Å². The first-order chi connectivity index (χ1) is 30.9. The Kier molecular flexibility index (Phi) is 14.9. The molecule has 0 aliphatic carbocycles. The van der Waals surface area contributed by atoms with Crippen molar-refractivity contribution in [1.82, 2.24) is 18.6 Å². The van der Waals surface area contributed by atoms with Gasteiger partial charge in [-0.25, -0.2) is 26.8 Å². The maximum absolute atomic E-state index is 13.5. The van der Waals surface area contributed by atoms with E-state index < -0.39 is 20.0 Å². The number of benzene rings is 4. The summed E-state index contributed by atoms with van der Waals surface area (Å²) >= 11 is 3.22. The molecule has 0 atom stereocenters. The van der Waals surface area contributed by atoms with Gasteiger partial charge < -0.3 is 14.5 Å². The lowest BCUT2D eigenvalue weighted by Gasteiger charge is -2.34. The minimum Gasteiger partial charge on any atom is -0.494 e. The lowest BCUT2D eigenvalue weighted by molar-refractivity contribution is 0.340. The summed E-state index contributed by atoms with van der Waals surface area (Å²) in [5.74, 6) is 0.850. The van der Waals surface area contributed by atoms with Gasteiger partial charge in [0.2, 0.25) is 20.0 Å². The lowest BCUT2D eigenvalue weighted by Crippen LogP contribution is -2.49. The molecule has 65 heavy (non-hydrogen) atoms. The fraction of sp³-hybridized carbons (Fsp3) is 0.400. The third kappa shape index (κ3) is 10.2. The number of nitrogens with zero attached hydrogens (tertiary/aromatic N) is 6. The van der Waals surface area contributed by atoms with E-state index in [-0.39, 0.29) is 0 Å². The van der Waals surface area contributed by atoms with Gasteiger partial charge in [0.15, 0.2) is 10.3 Å². The summed E-state index contributed by atoms with van der Waals surface area (Å²) in [5.41, 5.74) is 12.9. The van der Waals surface area contributed by atoms with Crippen molar-refractivity contribution < 1.29 is 21.6 Å². The van der Waals surface area contributed by atoms with Crippen LogP contribution >= 0.6 is 22.7 Å². The molecule has 2 aliphatic rings. The molecule has 346 valence electrons. The van der Waals surface area contributed by atoms with Crippen LogP contribution in [0.4, 0.5) is 10.3 Å². The quantitative estimate of drug-likeness (QED) is 0.125. The van der Waals surface area contributed by atoms with Crippen LogP contribution in [0.1, 0.15) is 63.9 Å². The third-order valence-corrected chi connectivity index (χ3v) is 19.1. The van der Waals surface area contributed by atoms with Gasteiger partial charge in [-0.1, -0.05) is 43.3 Å². The van der Waals surface area contributed by atoms with E-state index in [2.05, 4.69) is 63.9 Å². The summed E-state index contributed by atoms with van der Waals surface area (Å²) < 4.78 is 62.8. The molecule has 2 fully saturated rings. The number of ether oxygens (including phenoxy) is 1. The predicted molar refractivity (Wildman–Crippen MR) is 268 cm³/mol. The Morgan fingerprint density at radius 2 is 0.877 bits per heavy atom. The van der Waals surface area contributed by atoms with Crippen LogP contribution in [0, 0.1) is 55.4 Å². The number of hydrogen-bond donors (Lipinski definition) is 0. The van der Waals surface area contributed by atoms with Crippen LogP contribution in [0.25, 0.3) is 22.5 Å². The molecule has 0 amide bonds. The van der Waals surface area contributed by atoms with Crippen molar-refractivity contribution in [2.24, 2.45) is 0 Å². The smallest absolute Gasteiger partial charge is 0.243 e. The van der Waals surface area contributed by atoms with Crippen molar-refractivity contribution in [2.75, 3.05) is 68.8 Å². The van der Waals surface area contributed by atoms with Crippen LogP contribution in [-0.4, -0.2) is 94.4 Å². The maximum atomic E-state index is 13.5. The fourth-order valence-corrected chi connectivity index (χ4v) is 14.3. The lowest BCUT2D eigenvalue weighted by atomic mass is 10.0. The molecule has 4 aromatic carbocycles. The Labute approximate surface area is 394 Å². The molecule has 0 radical (unpaired) electrons. The molecule has 0 unspecified atom stereocenters. The molecule has 15 heteroatoms. The molecule has 0 bridgehead atoms. The number of hydrogen-bond acceptors (Lipinski definition) is 11. The number of anilines is 2. The average Bonchev–Trinajstić information content (AvgIpc) is 4.00. The summed E-state index contributed by atoms with van der Waals surface area (Å²) in [6.07, 6.45) is 1.02. The van der Waals surface area contributed by atoms with Crippen molar-refractivity contribution in [1.29, 1.82) is 0 Å². The van der Waals surface area contributed by atoms with Gasteiger partial charge in [0.05, 0.1) is 27.8 Å². The number of aromatic nitrogens is 2. The van der Waals surface area contributed by atoms with E-state index in [1.54, 1.807) is 31.3 Å². The van der Waals surface area contributed by atoms with E-state index in [9.17, 15) is 16.8 Å². The van der Waals surface area contributed by atoms with Gasteiger partial charge in [-0.15, -0.1) is 22.7 Å². The molecule has 8 rings (SSSR count). The average molecular weight is 955 g/mol. The molecule has 4 heterocycles. The molecule has 0 spiro atoms. The molecular weight excluding hydrogens is 893 g/mol. The number of piperazine rings is 2. The Morgan fingerprint density at radius 1 is 0.523 bits per heavy atom. The number of sulfonamides is 2. The predicted octanol–water partition coefficient (Wildman–Crippen LogP) is 10.1. The Balaban J connectivity index is 0.000000194. The number of aryl methyl sites for hydroxylation is 5. The monoisotopic (exact) mass is 954 g/mol. The molecule has 11 nitrogen and oxygen atoms in total. The van der Waals surface area contributed by atoms with Crippen LogP contribution in [0.2, 0.25) is 0 Å². The van der Waals surface area contributed by atoms with Crippen LogP contribution in [-0.2, 0) is 26.5 Å². The van der Waals surface area contributed by atoms with Gasteiger partial charge in [-0.2, -0.15) is 8.61 Å². The minimum atomic E-state index is -3.54. The second-order valence-corrected chi connectivity index (χ2v) is 22.4. The van der Waals surface area contributed by atoms with Crippen LogP contribution < -0.4 is 14.5 Å². The SMILES string of the molecule is CCOc1ccc(-c2csc(N3CCN(S(=O)(=O)c4c(C)c(C)cc(C)c4C)CC3)n2)cc1.CCc1ccc(-c2csc(N3CCN(S(=O)(=O)c4c(C)c(C)cc(C)c4C)CC3)n2)cc1. The number of thiazole rings is 2. The molecule has 2 saturated heterocycles. The molecular formula is C50H62N6O5S4. The Bertz CT molecular complexity index is 2810. The minimum absolute atomic E-state index is 0.451. The maximum Gasteiger partial charge on any atom is 0.243 e. The van der Waals surface area contributed by atoms with E-state index in [1.165, 1.54) is 5.56 Å². The molecule has 2 aliphatic heterocycles. The highest BCUT2D eigenvalue weighted by molar-refractivity contribution is 7.89.